The summed E-state index contributed by atoms with van der Waals surface area (Å²) in [5, 5.41) is 21.7. The van der Waals surface area contributed by atoms with Crippen molar-refractivity contribution in [2.45, 2.75) is 13.2 Å². The molecule has 0 unspecified atom stereocenters. The standard InChI is InChI=1S/C12H11NO4S/c14-7-9-6-10(13(15)16)3-4-12(9)17-8-11-2-1-5-18-11/h1-6,14H,7-8H2. The quantitative estimate of drug-likeness (QED) is 0.666. The predicted molar refractivity (Wildman–Crippen MR) is 67.7 cm³/mol. The maximum Gasteiger partial charge on any atom is 0.270 e. The van der Waals surface area contributed by atoms with Crippen LogP contribution in [0.25, 0.3) is 0 Å². The average Bonchev–Trinajstić information content (AvgIpc) is 2.89. The highest BCUT2D eigenvalue weighted by Crippen LogP contribution is 2.25. The van der Waals surface area contributed by atoms with E-state index in [9.17, 15) is 15.2 Å². The fourth-order valence-electron chi connectivity index (χ4n) is 1.49. The van der Waals surface area contributed by atoms with Crippen LogP contribution in [0.4, 0.5) is 5.69 Å². The number of rotatable bonds is 5. The summed E-state index contributed by atoms with van der Waals surface area (Å²) in [4.78, 5) is 11.2. The molecule has 0 saturated carbocycles. The zero-order valence-electron chi connectivity index (χ0n) is 9.41. The van der Waals surface area contributed by atoms with E-state index in [4.69, 9.17) is 4.74 Å². The van der Waals surface area contributed by atoms with Crippen molar-refractivity contribution in [3.05, 3.63) is 56.3 Å². The second kappa shape index (κ2) is 5.61. The van der Waals surface area contributed by atoms with Crippen LogP contribution in [0.3, 0.4) is 0 Å². The molecule has 0 spiro atoms. The van der Waals surface area contributed by atoms with Crippen LogP contribution in [0.15, 0.2) is 35.7 Å². The number of benzene rings is 1. The first-order valence-corrected chi connectivity index (χ1v) is 6.12. The predicted octanol–water partition coefficient (Wildman–Crippen LogP) is 2.73. The third kappa shape index (κ3) is 2.85. The Morgan fingerprint density at radius 3 is 2.83 bits per heavy atom. The van der Waals surface area contributed by atoms with Gasteiger partial charge in [0.15, 0.2) is 0 Å². The lowest BCUT2D eigenvalue weighted by Crippen LogP contribution is -1.98. The van der Waals surface area contributed by atoms with Gasteiger partial charge in [-0.25, -0.2) is 0 Å². The summed E-state index contributed by atoms with van der Waals surface area (Å²) in [5.74, 6) is 0.469. The molecule has 2 aromatic rings. The first-order valence-electron chi connectivity index (χ1n) is 5.24. The Labute approximate surface area is 107 Å². The lowest BCUT2D eigenvalue weighted by atomic mass is 10.2. The Hall–Kier alpha value is -1.92. The number of thiophene rings is 1. The maximum atomic E-state index is 10.6. The molecule has 0 fully saturated rings. The molecule has 1 heterocycles. The van der Waals surface area contributed by atoms with Crippen molar-refractivity contribution >= 4 is 17.0 Å². The van der Waals surface area contributed by atoms with Crippen LogP contribution in [0.2, 0.25) is 0 Å². The smallest absolute Gasteiger partial charge is 0.270 e. The largest absolute Gasteiger partial charge is 0.488 e. The molecule has 1 aromatic carbocycles. The Balaban J connectivity index is 2.14. The van der Waals surface area contributed by atoms with Gasteiger partial charge in [0.05, 0.1) is 11.5 Å². The number of aliphatic hydroxyl groups is 1. The van der Waals surface area contributed by atoms with Crippen molar-refractivity contribution in [1.82, 2.24) is 0 Å². The molecule has 94 valence electrons. The van der Waals surface area contributed by atoms with E-state index < -0.39 is 4.92 Å². The van der Waals surface area contributed by atoms with Gasteiger partial charge in [-0.2, -0.15) is 0 Å². The van der Waals surface area contributed by atoms with Crippen LogP contribution >= 0.6 is 11.3 Å². The second-order valence-corrected chi connectivity index (χ2v) is 4.61. The molecule has 6 heteroatoms. The average molecular weight is 265 g/mol. The number of hydrogen-bond donors (Lipinski definition) is 1. The Morgan fingerprint density at radius 2 is 2.22 bits per heavy atom. The number of aliphatic hydroxyl groups excluding tert-OH is 1. The highest BCUT2D eigenvalue weighted by molar-refractivity contribution is 7.09. The van der Waals surface area contributed by atoms with Gasteiger partial charge >= 0.3 is 0 Å². The molecule has 5 nitrogen and oxygen atoms in total. The topological polar surface area (TPSA) is 72.6 Å². The molecule has 0 aliphatic rings. The molecule has 0 aliphatic heterocycles. The van der Waals surface area contributed by atoms with Gasteiger partial charge in [0.2, 0.25) is 0 Å². The van der Waals surface area contributed by atoms with Crippen molar-refractivity contribution in [2.24, 2.45) is 0 Å². The Bertz CT molecular complexity index is 539. The van der Waals surface area contributed by atoms with Crippen LogP contribution in [0.1, 0.15) is 10.4 Å². The molecule has 0 aliphatic carbocycles. The summed E-state index contributed by atoms with van der Waals surface area (Å²) in [7, 11) is 0. The zero-order valence-corrected chi connectivity index (χ0v) is 10.2. The van der Waals surface area contributed by atoms with Gasteiger partial charge < -0.3 is 9.84 Å². The Morgan fingerprint density at radius 1 is 1.39 bits per heavy atom. The second-order valence-electron chi connectivity index (χ2n) is 3.58. The lowest BCUT2D eigenvalue weighted by molar-refractivity contribution is -0.385. The third-order valence-corrected chi connectivity index (χ3v) is 3.23. The minimum atomic E-state index is -0.498. The van der Waals surface area contributed by atoms with E-state index in [1.54, 1.807) is 11.3 Å². The van der Waals surface area contributed by atoms with Crippen molar-refractivity contribution in [2.75, 3.05) is 0 Å². The Kier molecular flexibility index (Phi) is 3.91. The summed E-state index contributed by atoms with van der Waals surface area (Å²) < 4.78 is 5.53. The van der Waals surface area contributed by atoms with E-state index in [-0.39, 0.29) is 12.3 Å². The fourth-order valence-corrected chi connectivity index (χ4v) is 2.10. The fraction of sp³-hybridized carbons (Fsp3) is 0.167. The summed E-state index contributed by atoms with van der Waals surface area (Å²) >= 11 is 1.57. The number of non-ortho nitro benzene ring substituents is 1. The minimum absolute atomic E-state index is 0.0532. The third-order valence-electron chi connectivity index (χ3n) is 2.38. The van der Waals surface area contributed by atoms with Crippen LogP contribution in [0, 0.1) is 10.1 Å². The maximum absolute atomic E-state index is 10.6. The van der Waals surface area contributed by atoms with Crippen LogP contribution in [-0.4, -0.2) is 10.0 Å². The molecule has 0 atom stereocenters. The number of nitro benzene ring substituents is 1. The molecule has 0 saturated heterocycles. The van der Waals surface area contributed by atoms with Gasteiger partial charge in [-0.1, -0.05) is 6.07 Å². The van der Waals surface area contributed by atoms with E-state index in [1.807, 2.05) is 17.5 Å². The van der Waals surface area contributed by atoms with Gasteiger partial charge in [0.1, 0.15) is 12.4 Å². The number of ether oxygens (including phenoxy) is 1. The van der Waals surface area contributed by atoms with Gasteiger partial charge in [-0.15, -0.1) is 11.3 Å². The van der Waals surface area contributed by atoms with Crippen molar-refractivity contribution in [3.63, 3.8) is 0 Å². The molecular formula is C12H11NO4S. The normalized spacial score (nSPS) is 10.3. The van der Waals surface area contributed by atoms with E-state index >= 15 is 0 Å². The van der Waals surface area contributed by atoms with Gasteiger partial charge in [-0.3, -0.25) is 10.1 Å². The van der Waals surface area contributed by atoms with Crippen LogP contribution < -0.4 is 4.74 Å². The highest BCUT2D eigenvalue weighted by Gasteiger charge is 2.11. The molecule has 0 radical (unpaired) electrons. The molecule has 0 bridgehead atoms. The van der Waals surface area contributed by atoms with Gasteiger partial charge in [0.25, 0.3) is 5.69 Å². The number of hydrogen-bond acceptors (Lipinski definition) is 5. The summed E-state index contributed by atoms with van der Waals surface area (Å²) in [6.07, 6.45) is 0. The van der Waals surface area contributed by atoms with E-state index in [0.717, 1.165) is 4.88 Å². The number of nitro groups is 1. The molecule has 2 rings (SSSR count). The minimum Gasteiger partial charge on any atom is -0.488 e. The molecule has 18 heavy (non-hydrogen) atoms. The van der Waals surface area contributed by atoms with Crippen LogP contribution in [-0.2, 0) is 13.2 Å². The molecule has 1 N–H and O–H groups in total. The van der Waals surface area contributed by atoms with Crippen LogP contribution in [0.5, 0.6) is 5.75 Å². The SMILES string of the molecule is O=[N+]([O-])c1ccc(OCc2cccs2)c(CO)c1. The first kappa shape index (κ1) is 12.5. The van der Waals surface area contributed by atoms with Gasteiger partial charge in [-0.05, 0) is 17.5 Å². The molecule has 0 amide bonds. The van der Waals surface area contributed by atoms with E-state index in [0.29, 0.717) is 17.9 Å². The monoisotopic (exact) mass is 265 g/mol. The van der Waals surface area contributed by atoms with Gasteiger partial charge in [0, 0.05) is 22.6 Å². The molecule has 1 aromatic heterocycles. The number of nitrogens with zero attached hydrogens (tertiary/aromatic N) is 1. The van der Waals surface area contributed by atoms with E-state index in [1.165, 1.54) is 18.2 Å². The van der Waals surface area contributed by atoms with Crippen molar-refractivity contribution < 1.29 is 14.8 Å². The summed E-state index contributed by atoms with van der Waals surface area (Å²) in [6.45, 7) is 0.101. The summed E-state index contributed by atoms with van der Waals surface area (Å²) in [5.41, 5.74) is 0.364. The van der Waals surface area contributed by atoms with E-state index in [2.05, 4.69) is 0 Å². The highest BCUT2D eigenvalue weighted by atomic mass is 32.1. The zero-order chi connectivity index (χ0) is 13.0. The summed E-state index contributed by atoms with van der Waals surface area (Å²) in [6, 6.07) is 8.06. The first-order chi connectivity index (χ1) is 8.70. The lowest BCUT2D eigenvalue weighted by Gasteiger charge is -2.08. The van der Waals surface area contributed by atoms with Crippen molar-refractivity contribution in [1.29, 1.82) is 0 Å². The molecular weight excluding hydrogens is 254 g/mol. The van der Waals surface area contributed by atoms with Crippen molar-refractivity contribution in [3.8, 4) is 5.75 Å².